The van der Waals surface area contributed by atoms with Crippen LogP contribution < -0.4 is 20.7 Å². The fourth-order valence-electron chi connectivity index (χ4n) is 3.40. The zero-order valence-corrected chi connectivity index (χ0v) is 14.6. The van der Waals surface area contributed by atoms with E-state index in [4.69, 9.17) is 15.6 Å². The lowest BCUT2D eigenvalue weighted by atomic mass is 10.0. The number of anilines is 3. The van der Waals surface area contributed by atoms with E-state index in [0.717, 1.165) is 36.6 Å². The van der Waals surface area contributed by atoms with Crippen LogP contribution in [-0.4, -0.2) is 46.9 Å². The maximum atomic E-state index is 8.98. The van der Waals surface area contributed by atoms with Crippen molar-refractivity contribution in [2.75, 3.05) is 42.8 Å². The first-order valence-electron chi connectivity index (χ1n) is 8.59. The molecule has 4 rings (SSSR count). The van der Waals surface area contributed by atoms with Gasteiger partial charge in [-0.2, -0.15) is 9.97 Å². The number of nitrogens with two attached hydrogens (primary N) is 1. The van der Waals surface area contributed by atoms with E-state index in [0.29, 0.717) is 12.4 Å². The van der Waals surface area contributed by atoms with Crippen LogP contribution in [0.3, 0.4) is 0 Å². The average Bonchev–Trinajstić information content (AvgIpc) is 3.02. The van der Waals surface area contributed by atoms with Crippen LogP contribution in [0.1, 0.15) is 11.3 Å². The van der Waals surface area contributed by atoms with Crippen LogP contribution >= 0.6 is 0 Å². The molecule has 0 unspecified atom stereocenters. The molecule has 26 heavy (non-hydrogen) atoms. The molecule has 0 spiro atoms. The SMILES string of the molecule is COc1ccc2[nH]c3c(c2c1)CN(c1cc(NCCO)nc(N)n1)CC3. The van der Waals surface area contributed by atoms with Crippen molar-refractivity contribution in [1.82, 2.24) is 15.0 Å². The average molecular weight is 354 g/mol. The second kappa shape index (κ2) is 6.72. The Hall–Kier alpha value is -3.00. The molecule has 2 aromatic heterocycles. The lowest BCUT2D eigenvalue weighted by molar-refractivity contribution is 0.311. The molecule has 0 saturated heterocycles. The Bertz CT molecular complexity index is 939. The minimum Gasteiger partial charge on any atom is -0.497 e. The number of nitrogens with one attached hydrogen (secondary N) is 2. The quantitative estimate of drug-likeness (QED) is 0.549. The molecule has 8 nitrogen and oxygen atoms in total. The summed E-state index contributed by atoms with van der Waals surface area (Å²) in [5.41, 5.74) is 9.49. The Balaban J connectivity index is 1.66. The second-order valence-electron chi connectivity index (χ2n) is 6.29. The summed E-state index contributed by atoms with van der Waals surface area (Å²) in [7, 11) is 1.68. The monoisotopic (exact) mass is 354 g/mol. The van der Waals surface area contributed by atoms with Gasteiger partial charge in [-0.25, -0.2) is 0 Å². The number of aliphatic hydroxyl groups excluding tert-OH is 1. The molecule has 0 bridgehead atoms. The fourth-order valence-corrected chi connectivity index (χ4v) is 3.40. The van der Waals surface area contributed by atoms with Crippen LogP contribution in [0.15, 0.2) is 24.3 Å². The number of aromatic nitrogens is 3. The molecule has 3 heterocycles. The summed E-state index contributed by atoms with van der Waals surface area (Å²) >= 11 is 0. The van der Waals surface area contributed by atoms with E-state index >= 15 is 0 Å². The van der Waals surface area contributed by atoms with E-state index in [1.807, 2.05) is 12.1 Å². The Kier molecular flexibility index (Phi) is 4.26. The first-order valence-corrected chi connectivity index (χ1v) is 8.59. The summed E-state index contributed by atoms with van der Waals surface area (Å²) in [6.07, 6.45) is 0.898. The Morgan fingerprint density at radius 2 is 2.23 bits per heavy atom. The van der Waals surface area contributed by atoms with Gasteiger partial charge < -0.3 is 30.8 Å². The third-order valence-electron chi connectivity index (χ3n) is 4.65. The topological polar surface area (TPSA) is 112 Å². The van der Waals surface area contributed by atoms with Gasteiger partial charge in [-0.3, -0.25) is 0 Å². The summed E-state index contributed by atoms with van der Waals surface area (Å²) in [4.78, 5) is 14.3. The molecule has 0 aliphatic carbocycles. The molecule has 0 amide bonds. The molecule has 0 saturated carbocycles. The number of fused-ring (bicyclic) bond motifs is 3. The highest BCUT2D eigenvalue weighted by Crippen LogP contribution is 2.32. The number of hydrogen-bond acceptors (Lipinski definition) is 7. The predicted molar refractivity (Wildman–Crippen MR) is 102 cm³/mol. The van der Waals surface area contributed by atoms with Crippen molar-refractivity contribution >= 4 is 28.5 Å². The lowest BCUT2D eigenvalue weighted by Gasteiger charge is -2.28. The van der Waals surface area contributed by atoms with Crippen molar-refractivity contribution in [3.8, 4) is 5.75 Å². The number of aliphatic hydroxyl groups is 1. The number of benzene rings is 1. The zero-order valence-electron chi connectivity index (χ0n) is 14.6. The van der Waals surface area contributed by atoms with Gasteiger partial charge in [0.15, 0.2) is 0 Å². The van der Waals surface area contributed by atoms with Gasteiger partial charge in [-0.1, -0.05) is 0 Å². The molecule has 0 atom stereocenters. The van der Waals surface area contributed by atoms with Gasteiger partial charge in [0, 0.05) is 54.3 Å². The highest BCUT2D eigenvalue weighted by Gasteiger charge is 2.22. The number of methoxy groups -OCH3 is 1. The first kappa shape index (κ1) is 16.5. The van der Waals surface area contributed by atoms with Gasteiger partial charge >= 0.3 is 0 Å². The Morgan fingerprint density at radius 1 is 1.35 bits per heavy atom. The number of rotatable bonds is 5. The highest BCUT2D eigenvalue weighted by molar-refractivity contribution is 5.86. The maximum absolute atomic E-state index is 8.98. The van der Waals surface area contributed by atoms with E-state index < -0.39 is 0 Å². The van der Waals surface area contributed by atoms with Gasteiger partial charge in [0.05, 0.1) is 13.7 Å². The Labute approximate surface area is 151 Å². The van der Waals surface area contributed by atoms with Gasteiger partial charge in [-0.15, -0.1) is 0 Å². The lowest BCUT2D eigenvalue weighted by Crippen LogP contribution is -2.31. The first-order chi connectivity index (χ1) is 12.7. The molecule has 1 aliphatic heterocycles. The maximum Gasteiger partial charge on any atom is 0.223 e. The number of hydrogen-bond donors (Lipinski definition) is 4. The molecular formula is C18H22N6O2. The molecule has 0 fully saturated rings. The van der Waals surface area contributed by atoms with Crippen LogP contribution in [-0.2, 0) is 13.0 Å². The minimum atomic E-state index is 0.0312. The summed E-state index contributed by atoms with van der Waals surface area (Å²) in [6, 6.07) is 7.95. The molecule has 1 aromatic carbocycles. The highest BCUT2D eigenvalue weighted by atomic mass is 16.5. The van der Waals surface area contributed by atoms with Crippen molar-refractivity contribution in [2.45, 2.75) is 13.0 Å². The van der Waals surface area contributed by atoms with E-state index in [9.17, 15) is 0 Å². The number of aromatic amines is 1. The van der Waals surface area contributed by atoms with Crippen molar-refractivity contribution in [3.05, 3.63) is 35.5 Å². The molecule has 3 aromatic rings. The second-order valence-corrected chi connectivity index (χ2v) is 6.29. The number of nitrogens with zero attached hydrogens (tertiary/aromatic N) is 3. The molecule has 136 valence electrons. The largest absolute Gasteiger partial charge is 0.497 e. The Morgan fingerprint density at radius 3 is 3.04 bits per heavy atom. The standard InChI is InChI=1S/C18H22N6O2/c1-26-11-2-3-14-12(8-11)13-10-24(6-4-15(13)21-14)17-9-16(20-5-7-25)22-18(19)23-17/h2-3,8-9,21,25H,4-7,10H2,1H3,(H3,19,20,22,23). The van der Waals surface area contributed by atoms with Crippen LogP contribution in [0.5, 0.6) is 5.75 Å². The third-order valence-corrected chi connectivity index (χ3v) is 4.65. The van der Waals surface area contributed by atoms with E-state index in [-0.39, 0.29) is 12.6 Å². The van der Waals surface area contributed by atoms with Gasteiger partial charge in [0.1, 0.15) is 17.4 Å². The van der Waals surface area contributed by atoms with E-state index in [1.165, 1.54) is 16.6 Å². The van der Waals surface area contributed by atoms with Crippen LogP contribution in [0, 0.1) is 0 Å². The van der Waals surface area contributed by atoms with Crippen molar-refractivity contribution < 1.29 is 9.84 Å². The zero-order chi connectivity index (χ0) is 18.1. The van der Waals surface area contributed by atoms with Crippen molar-refractivity contribution in [1.29, 1.82) is 0 Å². The van der Waals surface area contributed by atoms with Crippen LogP contribution in [0.4, 0.5) is 17.6 Å². The van der Waals surface area contributed by atoms with Crippen LogP contribution in [0.25, 0.3) is 10.9 Å². The molecular weight excluding hydrogens is 332 g/mol. The third kappa shape index (κ3) is 2.99. The predicted octanol–water partition coefficient (Wildman–Crippen LogP) is 1.52. The van der Waals surface area contributed by atoms with Gasteiger partial charge in [0.25, 0.3) is 0 Å². The number of nitrogen functional groups attached to an aromatic ring is 1. The van der Waals surface area contributed by atoms with Crippen molar-refractivity contribution in [2.24, 2.45) is 0 Å². The van der Waals surface area contributed by atoms with E-state index in [1.54, 1.807) is 7.11 Å². The molecule has 8 heteroatoms. The van der Waals surface area contributed by atoms with Crippen molar-refractivity contribution in [3.63, 3.8) is 0 Å². The normalized spacial score (nSPS) is 13.7. The summed E-state index contributed by atoms with van der Waals surface area (Å²) in [5, 5.41) is 13.2. The minimum absolute atomic E-state index is 0.0312. The number of ether oxygens (including phenoxy) is 1. The van der Waals surface area contributed by atoms with E-state index in [2.05, 4.69) is 37.3 Å². The summed E-state index contributed by atoms with van der Waals surface area (Å²) < 4.78 is 5.37. The van der Waals surface area contributed by atoms with Gasteiger partial charge in [0.2, 0.25) is 5.95 Å². The molecule has 0 radical (unpaired) electrons. The summed E-state index contributed by atoms with van der Waals surface area (Å²) in [6.45, 7) is 2.02. The molecule has 1 aliphatic rings. The summed E-state index contributed by atoms with van der Waals surface area (Å²) in [5.74, 6) is 2.46. The van der Waals surface area contributed by atoms with Crippen LogP contribution in [0.2, 0.25) is 0 Å². The smallest absolute Gasteiger partial charge is 0.223 e. The molecule has 5 N–H and O–H groups in total. The number of H-pyrrole nitrogens is 1. The van der Waals surface area contributed by atoms with Gasteiger partial charge in [-0.05, 0) is 18.2 Å². The fraction of sp³-hybridized carbons (Fsp3) is 0.333.